The molecule has 8 nitrogen and oxygen atoms in total. The number of fused-ring (bicyclic) bond motifs is 3. The van der Waals surface area contributed by atoms with Crippen LogP contribution in [0.4, 0.5) is 5.69 Å². The van der Waals surface area contributed by atoms with E-state index < -0.39 is 0 Å². The molecule has 0 N–H and O–H groups in total. The zero-order chi connectivity index (χ0) is 21.7. The van der Waals surface area contributed by atoms with Gasteiger partial charge < -0.3 is 18.9 Å². The maximum absolute atomic E-state index is 13.1. The van der Waals surface area contributed by atoms with Gasteiger partial charge in [0.05, 0.1) is 5.69 Å². The number of hydrogen-bond acceptors (Lipinski definition) is 5. The van der Waals surface area contributed by atoms with Gasteiger partial charge in [0.2, 0.25) is 12.7 Å². The molecule has 0 saturated carbocycles. The van der Waals surface area contributed by atoms with Gasteiger partial charge in [-0.15, -0.1) is 0 Å². The molecule has 0 aliphatic carbocycles. The third-order valence-electron chi connectivity index (χ3n) is 5.99. The number of ether oxygens (including phenoxy) is 2. The Balaban J connectivity index is 1.31. The van der Waals surface area contributed by atoms with Crippen LogP contribution in [0, 0.1) is 0 Å². The van der Waals surface area contributed by atoms with E-state index in [1.165, 1.54) is 10.1 Å². The number of amides is 1. The highest BCUT2D eigenvalue weighted by atomic mass is 16.7. The molecule has 32 heavy (non-hydrogen) atoms. The third-order valence-corrected chi connectivity index (χ3v) is 5.99. The molecular formula is C24H20N4O4. The van der Waals surface area contributed by atoms with Crippen LogP contribution in [0.5, 0.6) is 11.5 Å². The summed E-state index contributed by atoms with van der Waals surface area (Å²) in [5.41, 5.74) is 3.73. The Kier molecular flexibility index (Phi) is 4.24. The zero-order valence-corrected chi connectivity index (χ0v) is 17.2. The van der Waals surface area contributed by atoms with Crippen LogP contribution in [0.3, 0.4) is 0 Å². The Morgan fingerprint density at radius 2 is 1.91 bits per heavy atom. The topological polar surface area (TPSA) is 78.1 Å². The molecule has 0 atom stereocenters. The molecule has 2 aliphatic heterocycles. The molecule has 0 bridgehead atoms. The van der Waals surface area contributed by atoms with Crippen molar-refractivity contribution in [2.75, 3.05) is 18.2 Å². The van der Waals surface area contributed by atoms with E-state index in [1.807, 2.05) is 36.4 Å². The number of anilines is 1. The van der Waals surface area contributed by atoms with Gasteiger partial charge in [0.25, 0.3) is 5.56 Å². The number of carbonyl (C=O) groups is 1. The fourth-order valence-electron chi connectivity index (χ4n) is 4.37. The van der Waals surface area contributed by atoms with Gasteiger partial charge in [-0.2, -0.15) is 5.10 Å². The molecular weight excluding hydrogens is 408 g/mol. The zero-order valence-electron chi connectivity index (χ0n) is 17.2. The Labute approximate surface area is 183 Å². The quantitative estimate of drug-likeness (QED) is 0.502. The number of benzene rings is 2. The van der Waals surface area contributed by atoms with E-state index >= 15 is 0 Å². The van der Waals surface area contributed by atoms with E-state index in [2.05, 4.69) is 11.2 Å². The predicted molar refractivity (Wildman–Crippen MR) is 118 cm³/mol. The summed E-state index contributed by atoms with van der Waals surface area (Å²) in [6, 6.07) is 15.2. The second-order valence-electron chi connectivity index (χ2n) is 7.94. The summed E-state index contributed by atoms with van der Waals surface area (Å²) < 4.78 is 13.8. The van der Waals surface area contributed by atoms with E-state index in [0.717, 1.165) is 24.1 Å². The molecule has 8 heteroatoms. The second kappa shape index (κ2) is 7.26. The van der Waals surface area contributed by atoms with E-state index in [1.54, 1.807) is 27.9 Å². The average molecular weight is 428 g/mol. The van der Waals surface area contributed by atoms with Crippen molar-refractivity contribution in [1.82, 2.24) is 14.2 Å². The van der Waals surface area contributed by atoms with Crippen molar-refractivity contribution >= 4 is 17.1 Å². The minimum atomic E-state index is -0.259. The highest BCUT2D eigenvalue weighted by Gasteiger charge is 2.23. The standard InChI is InChI=1S/C24H20N4O4/c29-23(27-9-3-5-16-4-1-2-6-19(16)27)14-26-10-11-28-20(24(26)30)13-18(25-28)17-7-8-21-22(12-17)32-15-31-21/h1-2,4,6-8,10-13H,3,5,9,14-15H2. The van der Waals surface area contributed by atoms with Gasteiger partial charge in [0.1, 0.15) is 12.1 Å². The molecule has 1 amide bonds. The first kappa shape index (κ1) is 18.7. The lowest BCUT2D eigenvalue weighted by molar-refractivity contribution is -0.119. The van der Waals surface area contributed by atoms with E-state index in [-0.39, 0.29) is 24.8 Å². The molecule has 2 aromatic heterocycles. The summed E-state index contributed by atoms with van der Waals surface area (Å²) in [6.45, 7) is 0.839. The number of rotatable bonds is 3. The predicted octanol–water partition coefficient (Wildman–Crippen LogP) is 2.87. The fourth-order valence-corrected chi connectivity index (χ4v) is 4.37. The van der Waals surface area contributed by atoms with Crippen LogP contribution in [0.1, 0.15) is 12.0 Å². The maximum Gasteiger partial charge on any atom is 0.277 e. The molecule has 4 heterocycles. The van der Waals surface area contributed by atoms with Crippen LogP contribution in [-0.2, 0) is 17.8 Å². The molecule has 160 valence electrons. The van der Waals surface area contributed by atoms with Gasteiger partial charge >= 0.3 is 0 Å². The van der Waals surface area contributed by atoms with Gasteiger partial charge in [-0.1, -0.05) is 18.2 Å². The highest BCUT2D eigenvalue weighted by Crippen LogP contribution is 2.35. The van der Waals surface area contributed by atoms with Crippen LogP contribution in [-0.4, -0.2) is 33.4 Å². The summed E-state index contributed by atoms with van der Waals surface area (Å²) in [7, 11) is 0. The van der Waals surface area contributed by atoms with Crippen molar-refractivity contribution in [3.63, 3.8) is 0 Å². The summed E-state index contributed by atoms with van der Waals surface area (Å²) in [4.78, 5) is 28.0. The summed E-state index contributed by atoms with van der Waals surface area (Å²) in [6.07, 6.45) is 5.19. The van der Waals surface area contributed by atoms with E-state index in [0.29, 0.717) is 29.3 Å². The maximum atomic E-state index is 13.1. The van der Waals surface area contributed by atoms with Crippen molar-refractivity contribution in [2.24, 2.45) is 0 Å². The average Bonchev–Trinajstić information content (AvgIpc) is 3.47. The summed E-state index contributed by atoms with van der Waals surface area (Å²) in [5, 5.41) is 4.52. The van der Waals surface area contributed by atoms with Crippen LogP contribution in [0.25, 0.3) is 16.8 Å². The lowest BCUT2D eigenvalue weighted by Gasteiger charge is -2.29. The molecule has 2 aromatic carbocycles. The smallest absolute Gasteiger partial charge is 0.277 e. The molecule has 0 spiro atoms. The normalized spacial score (nSPS) is 14.6. The lowest BCUT2D eigenvalue weighted by atomic mass is 10.0. The van der Waals surface area contributed by atoms with Gasteiger partial charge in [-0.05, 0) is 48.7 Å². The van der Waals surface area contributed by atoms with Gasteiger partial charge in [-0.3, -0.25) is 9.59 Å². The highest BCUT2D eigenvalue weighted by molar-refractivity contribution is 5.94. The van der Waals surface area contributed by atoms with E-state index in [4.69, 9.17) is 9.47 Å². The van der Waals surface area contributed by atoms with Crippen LogP contribution >= 0.6 is 0 Å². The Bertz CT molecular complexity index is 1420. The summed E-state index contributed by atoms with van der Waals surface area (Å²) in [5.74, 6) is 1.25. The van der Waals surface area contributed by atoms with Gasteiger partial charge in [0.15, 0.2) is 11.5 Å². The molecule has 2 aliphatic rings. The largest absolute Gasteiger partial charge is 0.454 e. The molecule has 0 unspecified atom stereocenters. The van der Waals surface area contributed by atoms with Crippen LogP contribution < -0.4 is 19.9 Å². The van der Waals surface area contributed by atoms with Crippen LogP contribution in [0.2, 0.25) is 0 Å². The van der Waals surface area contributed by atoms with Gasteiger partial charge in [0, 0.05) is 30.2 Å². The number of carbonyl (C=O) groups excluding carboxylic acids is 1. The summed E-state index contributed by atoms with van der Waals surface area (Å²) >= 11 is 0. The first-order chi connectivity index (χ1) is 15.7. The minimum absolute atomic E-state index is 0.0196. The number of nitrogens with zero attached hydrogens (tertiary/aromatic N) is 4. The number of aryl methyl sites for hydroxylation is 1. The molecule has 6 rings (SSSR count). The van der Waals surface area contributed by atoms with E-state index in [9.17, 15) is 9.59 Å². The molecule has 4 aromatic rings. The van der Waals surface area contributed by atoms with Crippen molar-refractivity contribution in [1.29, 1.82) is 0 Å². The first-order valence-electron chi connectivity index (χ1n) is 10.5. The lowest BCUT2D eigenvalue weighted by Crippen LogP contribution is -2.39. The van der Waals surface area contributed by atoms with Gasteiger partial charge in [-0.25, -0.2) is 4.52 Å². The Morgan fingerprint density at radius 1 is 1.03 bits per heavy atom. The SMILES string of the molecule is O=C(Cn1ccn2nc(-c3ccc4c(c3)OCO4)cc2c1=O)N1CCCc2ccccc21. The van der Waals surface area contributed by atoms with Crippen molar-refractivity contribution < 1.29 is 14.3 Å². The fraction of sp³-hybridized carbons (Fsp3) is 0.208. The van der Waals surface area contributed by atoms with Crippen molar-refractivity contribution in [3.8, 4) is 22.8 Å². The number of hydrogen-bond donors (Lipinski definition) is 0. The van der Waals surface area contributed by atoms with Crippen LogP contribution in [0.15, 0.2) is 65.7 Å². The second-order valence-corrected chi connectivity index (χ2v) is 7.94. The Hall–Kier alpha value is -4.07. The van der Waals surface area contributed by atoms with Crippen molar-refractivity contribution in [2.45, 2.75) is 19.4 Å². The monoisotopic (exact) mass is 428 g/mol. The first-order valence-corrected chi connectivity index (χ1v) is 10.5. The number of aromatic nitrogens is 3. The third kappa shape index (κ3) is 3.03. The Morgan fingerprint density at radius 3 is 2.84 bits per heavy atom. The van der Waals surface area contributed by atoms with Crippen molar-refractivity contribution in [3.05, 3.63) is 76.8 Å². The minimum Gasteiger partial charge on any atom is -0.454 e. The molecule has 0 fully saturated rings. The molecule has 0 saturated heterocycles. The molecule has 0 radical (unpaired) electrons. The number of para-hydroxylation sites is 1.